The molecule has 10 nitrogen and oxygen atoms in total. The molecule has 112 valence electrons. The van der Waals surface area contributed by atoms with E-state index in [2.05, 4.69) is 25.5 Å². The second-order valence-corrected chi connectivity index (χ2v) is 5.13. The predicted octanol–water partition coefficient (Wildman–Crippen LogP) is 0.0936. The monoisotopic (exact) mass is 301 g/mol. The molecule has 0 aromatic carbocycles. The lowest BCUT2D eigenvalue weighted by molar-refractivity contribution is 0.254. The highest BCUT2D eigenvalue weighted by Crippen LogP contribution is 2.39. The molecule has 0 atom stereocenters. The van der Waals surface area contributed by atoms with Gasteiger partial charge < -0.3 is 0 Å². The minimum Gasteiger partial charge on any atom is -0.291 e. The summed E-state index contributed by atoms with van der Waals surface area (Å²) in [5, 5.41) is 9.47. The van der Waals surface area contributed by atoms with Gasteiger partial charge in [-0.3, -0.25) is 25.2 Å². The number of nitrogens with zero attached hydrogens (tertiary/aromatic N) is 3. The van der Waals surface area contributed by atoms with Gasteiger partial charge >= 0.3 is 11.7 Å². The van der Waals surface area contributed by atoms with Crippen molar-refractivity contribution < 1.29 is 4.79 Å². The van der Waals surface area contributed by atoms with E-state index in [-0.39, 0.29) is 11.2 Å². The molecule has 3 aromatic heterocycles. The van der Waals surface area contributed by atoms with Crippen LogP contribution in [0.5, 0.6) is 0 Å². The Kier molecular flexibility index (Phi) is 2.52. The number of amides is 1. The van der Waals surface area contributed by atoms with Gasteiger partial charge in [-0.2, -0.15) is 5.10 Å². The molecule has 4 N–H and O–H groups in total. The van der Waals surface area contributed by atoms with E-state index >= 15 is 0 Å². The first-order valence-electron chi connectivity index (χ1n) is 6.68. The summed E-state index contributed by atoms with van der Waals surface area (Å²) in [5.74, 6) is 0.864. The number of rotatable bonds is 2. The maximum Gasteiger partial charge on any atom is 0.334 e. The summed E-state index contributed by atoms with van der Waals surface area (Å²) in [7, 11) is 0. The number of carbonyl (C=O) groups excluding carboxylic acids is 1. The molecule has 3 heterocycles. The van der Waals surface area contributed by atoms with E-state index in [1.165, 1.54) is 6.33 Å². The smallest absolute Gasteiger partial charge is 0.291 e. The van der Waals surface area contributed by atoms with Crippen molar-refractivity contribution in [2.45, 2.75) is 18.8 Å². The van der Waals surface area contributed by atoms with Gasteiger partial charge in [-0.25, -0.2) is 19.1 Å². The predicted molar refractivity (Wildman–Crippen MR) is 76.0 cm³/mol. The average molecular weight is 301 g/mol. The molecule has 3 aromatic rings. The molecular formula is C12H11N7O3. The van der Waals surface area contributed by atoms with Crippen LogP contribution >= 0.6 is 0 Å². The van der Waals surface area contributed by atoms with E-state index in [9.17, 15) is 14.4 Å². The standard InChI is InChI=1S/C12H11N7O3/c20-10-8-9(15-11(21)16-10)19(4-13-8)12(22)14-7-3-6(17-18-7)5-1-2-5/h3-5H,1-2H2,(H2,14,17,18,22)(H2,15,16,20,21). The van der Waals surface area contributed by atoms with Crippen LogP contribution in [-0.2, 0) is 0 Å². The van der Waals surface area contributed by atoms with Crippen molar-refractivity contribution >= 4 is 23.0 Å². The molecule has 0 radical (unpaired) electrons. The molecule has 1 aliphatic rings. The fourth-order valence-corrected chi connectivity index (χ4v) is 2.26. The SMILES string of the molecule is O=C(Nc1cc(C2CC2)[nH]n1)n1cnc2c(=O)[nH]c(=O)[nH]c21. The van der Waals surface area contributed by atoms with Crippen LogP contribution in [0, 0.1) is 0 Å². The Morgan fingerprint density at radius 1 is 1.32 bits per heavy atom. The summed E-state index contributed by atoms with van der Waals surface area (Å²) >= 11 is 0. The molecule has 0 spiro atoms. The van der Waals surface area contributed by atoms with Crippen LogP contribution in [0.2, 0.25) is 0 Å². The van der Waals surface area contributed by atoms with Gasteiger partial charge in [0, 0.05) is 17.7 Å². The molecule has 22 heavy (non-hydrogen) atoms. The zero-order valence-electron chi connectivity index (χ0n) is 11.2. The lowest BCUT2D eigenvalue weighted by Crippen LogP contribution is -2.25. The Balaban J connectivity index is 1.67. The quantitative estimate of drug-likeness (QED) is 0.531. The normalized spacial score (nSPS) is 14.4. The number of hydrogen-bond acceptors (Lipinski definition) is 5. The zero-order valence-corrected chi connectivity index (χ0v) is 11.2. The molecule has 0 aliphatic heterocycles. The van der Waals surface area contributed by atoms with Gasteiger partial charge in [0.1, 0.15) is 6.33 Å². The Hall–Kier alpha value is -3.17. The highest BCUT2D eigenvalue weighted by molar-refractivity contribution is 5.95. The van der Waals surface area contributed by atoms with Crippen LogP contribution in [0.4, 0.5) is 10.6 Å². The fraction of sp³-hybridized carbons (Fsp3) is 0.250. The molecule has 0 saturated heterocycles. The van der Waals surface area contributed by atoms with Crippen molar-refractivity contribution in [3.05, 3.63) is 38.9 Å². The van der Waals surface area contributed by atoms with E-state index < -0.39 is 17.3 Å². The highest BCUT2D eigenvalue weighted by Gasteiger charge is 2.26. The molecule has 0 unspecified atom stereocenters. The van der Waals surface area contributed by atoms with Crippen LogP contribution in [0.15, 0.2) is 22.0 Å². The third-order valence-electron chi connectivity index (χ3n) is 3.51. The molecule has 1 fully saturated rings. The number of hydrogen-bond donors (Lipinski definition) is 4. The van der Waals surface area contributed by atoms with E-state index in [4.69, 9.17) is 0 Å². The summed E-state index contributed by atoms with van der Waals surface area (Å²) in [6.07, 6.45) is 3.40. The first-order chi connectivity index (χ1) is 10.6. The van der Waals surface area contributed by atoms with E-state index in [0.29, 0.717) is 11.7 Å². The summed E-state index contributed by atoms with van der Waals surface area (Å²) in [6, 6.07) is 1.20. The van der Waals surface area contributed by atoms with Gasteiger partial charge in [0.25, 0.3) is 5.56 Å². The molecule has 10 heteroatoms. The number of nitrogens with one attached hydrogen (secondary N) is 4. The van der Waals surface area contributed by atoms with Gasteiger partial charge in [-0.05, 0) is 12.8 Å². The Morgan fingerprint density at radius 2 is 2.14 bits per heavy atom. The van der Waals surface area contributed by atoms with Crippen LogP contribution in [0.25, 0.3) is 11.2 Å². The summed E-state index contributed by atoms with van der Waals surface area (Å²) in [5.41, 5.74) is -0.362. The third-order valence-corrected chi connectivity index (χ3v) is 3.51. The first-order valence-corrected chi connectivity index (χ1v) is 6.68. The van der Waals surface area contributed by atoms with Crippen LogP contribution in [0.1, 0.15) is 24.5 Å². The largest absolute Gasteiger partial charge is 0.334 e. The molecule has 0 bridgehead atoms. The highest BCUT2D eigenvalue weighted by atomic mass is 16.2. The van der Waals surface area contributed by atoms with E-state index in [0.717, 1.165) is 23.1 Å². The Morgan fingerprint density at radius 3 is 2.91 bits per heavy atom. The van der Waals surface area contributed by atoms with Gasteiger partial charge in [-0.15, -0.1) is 0 Å². The Labute approximate surface area is 121 Å². The topological polar surface area (TPSA) is 141 Å². The maximum atomic E-state index is 12.2. The van der Waals surface area contributed by atoms with Crippen LogP contribution in [-0.4, -0.2) is 35.7 Å². The van der Waals surface area contributed by atoms with Crippen molar-refractivity contribution in [1.29, 1.82) is 0 Å². The fourth-order valence-electron chi connectivity index (χ4n) is 2.26. The third kappa shape index (κ3) is 2.01. The molecular weight excluding hydrogens is 290 g/mol. The lowest BCUT2D eigenvalue weighted by Gasteiger charge is -2.02. The number of aromatic amines is 3. The van der Waals surface area contributed by atoms with Crippen molar-refractivity contribution in [1.82, 2.24) is 29.7 Å². The van der Waals surface area contributed by atoms with Gasteiger partial charge in [0.2, 0.25) is 0 Å². The number of anilines is 1. The summed E-state index contributed by atoms with van der Waals surface area (Å²) < 4.78 is 1.05. The first kappa shape index (κ1) is 12.6. The zero-order chi connectivity index (χ0) is 15.3. The number of imidazole rings is 1. The van der Waals surface area contributed by atoms with Crippen LogP contribution < -0.4 is 16.6 Å². The minimum absolute atomic E-state index is 0.0181. The molecule has 1 aliphatic carbocycles. The number of carbonyl (C=O) groups is 1. The summed E-state index contributed by atoms with van der Waals surface area (Å²) in [6.45, 7) is 0. The average Bonchev–Trinajstić information content (AvgIpc) is 3.06. The lowest BCUT2D eigenvalue weighted by atomic mass is 10.3. The maximum absolute atomic E-state index is 12.2. The van der Waals surface area contributed by atoms with E-state index in [1.807, 2.05) is 4.98 Å². The van der Waals surface area contributed by atoms with Gasteiger partial charge in [0.05, 0.1) is 0 Å². The molecule has 1 amide bonds. The van der Waals surface area contributed by atoms with Crippen molar-refractivity contribution in [3.8, 4) is 0 Å². The van der Waals surface area contributed by atoms with Crippen LogP contribution in [0.3, 0.4) is 0 Å². The Bertz CT molecular complexity index is 988. The molecule has 4 rings (SSSR count). The second kappa shape index (κ2) is 4.41. The number of aromatic nitrogens is 6. The van der Waals surface area contributed by atoms with Crippen molar-refractivity contribution in [3.63, 3.8) is 0 Å². The minimum atomic E-state index is -0.706. The number of fused-ring (bicyclic) bond motifs is 1. The summed E-state index contributed by atoms with van der Waals surface area (Å²) in [4.78, 5) is 43.4. The second-order valence-electron chi connectivity index (χ2n) is 5.13. The van der Waals surface area contributed by atoms with Gasteiger partial charge in [0.15, 0.2) is 17.0 Å². The van der Waals surface area contributed by atoms with Crippen molar-refractivity contribution in [2.75, 3.05) is 5.32 Å². The van der Waals surface area contributed by atoms with Crippen molar-refractivity contribution in [2.24, 2.45) is 0 Å². The van der Waals surface area contributed by atoms with Gasteiger partial charge in [-0.1, -0.05) is 0 Å². The molecule has 1 saturated carbocycles. The number of H-pyrrole nitrogens is 3. The van der Waals surface area contributed by atoms with E-state index in [1.54, 1.807) is 6.07 Å².